The molecule has 9 heteroatoms. The van der Waals surface area contributed by atoms with E-state index in [9.17, 15) is 19.4 Å². The summed E-state index contributed by atoms with van der Waals surface area (Å²) >= 11 is 0. The van der Waals surface area contributed by atoms with E-state index in [0.717, 1.165) is 6.20 Å². The monoisotopic (exact) mass is 276 g/mol. The summed E-state index contributed by atoms with van der Waals surface area (Å²) in [5.41, 5.74) is 7.97. The van der Waals surface area contributed by atoms with Crippen molar-refractivity contribution < 1.29 is 19.3 Å². The van der Waals surface area contributed by atoms with Crippen LogP contribution in [0.2, 0.25) is 0 Å². The smallest absolute Gasteiger partial charge is 0.351 e. The first-order chi connectivity index (χ1) is 8.91. The Balaban J connectivity index is 3.11. The zero-order valence-electron chi connectivity index (χ0n) is 10.4. The summed E-state index contributed by atoms with van der Waals surface area (Å²) in [7, 11) is 1.17. The number of nitrogens with two attached hydrogens (primary N) is 2. The third kappa shape index (κ3) is 2.89. The van der Waals surface area contributed by atoms with Gasteiger partial charge in [0.2, 0.25) is 6.30 Å². The van der Waals surface area contributed by atoms with E-state index < -0.39 is 30.3 Å². The highest BCUT2D eigenvalue weighted by atomic mass is 19.1. The van der Waals surface area contributed by atoms with Gasteiger partial charge in [0.1, 0.15) is 17.5 Å². The minimum atomic E-state index is -2.18. The molecular formula is C10H17FN4O4. The number of alkyl halides is 1. The van der Waals surface area contributed by atoms with E-state index in [0.29, 0.717) is 4.57 Å². The van der Waals surface area contributed by atoms with Crippen molar-refractivity contribution in [2.75, 3.05) is 26.0 Å². The summed E-state index contributed by atoms with van der Waals surface area (Å²) < 4.78 is 19.6. The molecule has 1 rings (SSSR count). The summed E-state index contributed by atoms with van der Waals surface area (Å²) in [6.07, 6.45) is -2.99. The molecule has 0 aromatic carbocycles. The molecule has 8 nitrogen and oxygen atoms in total. The molecule has 0 bridgehead atoms. The second kappa shape index (κ2) is 6.06. The zero-order chi connectivity index (χ0) is 14.6. The molecule has 0 radical (unpaired) electrons. The number of anilines is 1. The average molecular weight is 276 g/mol. The molecule has 0 saturated carbocycles. The van der Waals surface area contributed by atoms with E-state index in [2.05, 4.69) is 4.98 Å². The van der Waals surface area contributed by atoms with Crippen LogP contribution in [-0.2, 0) is 4.74 Å². The molecule has 1 aromatic rings. The van der Waals surface area contributed by atoms with Crippen molar-refractivity contribution in [3.05, 3.63) is 22.7 Å². The van der Waals surface area contributed by atoms with Gasteiger partial charge in [-0.2, -0.15) is 4.98 Å². The van der Waals surface area contributed by atoms with Gasteiger partial charge in [-0.1, -0.05) is 0 Å². The van der Waals surface area contributed by atoms with Gasteiger partial charge in [0.25, 0.3) is 0 Å². The van der Waals surface area contributed by atoms with Gasteiger partial charge in [-0.05, 0) is 6.07 Å². The van der Waals surface area contributed by atoms with Crippen LogP contribution in [0.3, 0.4) is 0 Å². The van der Waals surface area contributed by atoms with E-state index in [1.807, 2.05) is 0 Å². The SMILES string of the molecule is COC(CN)(CO)[C@@H](O)[C@@H](F)n1ccc(N)nc1=O. The largest absolute Gasteiger partial charge is 0.393 e. The number of hydrogen-bond donors (Lipinski definition) is 4. The van der Waals surface area contributed by atoms with E-state index in [1.54, 1.807) is 0 Å². The first-order valence-electron chi connectivity index (χ1n) is 5.44. The fourth-order valence-corrected chi connectivity index (χ4v) is 1.56. The van der Waals surface area contributed by atoms with Gasteiger partial charge in [0.05, 0.1) is 6.61 Å². The van der Waals surface area contributed by atoms with Gasteiger partial charge in [-0.25, -0.2) is 9.18 Å². The number of nitrogens with zero attached hydrogens (tertiary/aromatic N) is 2. The average Bonchev–Trinajstić information content (AvgIpc) is 2.40. The Morgan fingerprint density at radius 3 is 2.74 bits per heavy atom. The summed E-state index contributed by atoms with van der Waals surface area (Å²) in [4.78, 5) is 14.8. The van der Waals surface area contributed by atoms with Crippen LogP contribution >= 0.6 is 0 Å². The number of rotatable bonds is 6. The second-order valence-corrected chi connectivity index (χ2v) is 3.99. The van der Waals surface area contributed by atoms with Crippen molar-refractivity contribution in [3.63, 3.8) is 0 Å². The van der Waals surface area contributed by atoms with Gasteiger partial charge < -0.3 is 26.4 Å². The molecule has 0 amide bonds. The molecule has 1 aromatic heterocycles. The molecular weight excluding hydrogens is 259 g/mol. The Hall–Kier alpha value is -1.55. The lowest BCUT2D eigenvalue weighted by atomic mass is 9.96. The minimum Gasteiger partial charge on any atom is -0.393 e. The minimum absolute atomic E-state index is 0.0677. The van der Waals surface area contributed by atoms with Crippen molar-refractivity contribution in [2.24, 2.45) is 5.73 Å². The molecule has 0 aliphatic heterocycles. The van der Waals surface area contributed by atoms with E-state index in [-0.39, 0.29) is 12.4 Å². The van der Waals surface area contributed by atoms with Crippen LogP contribution in [0.1, 0.15) is 6.30 Å². The Morgan fingerprint density at radius 1 is 1.68 bits per heavy atom. The van der Waals surface area contributed by atoms with Crippen molar-refractivity contribution in [3.8, 4) is 0 Å². The predicted octanol–water partition coefficient (Wildman–Crippen LogP) is -2.01. The Bertz CT molecular complexity index is 469. The number of nitrogen functional groups attached to an aromatic ring is 1. The number of ether oxygens (including phenoxy) is 1. The predicted molar refractivity (Wildman–Crippen MR) is 64.9 cm³/mol. The van der Waals surface area contributed by atoms with Crippen LogP contribution in [0.15, 0.2) is 17.1 Å². The lowest BCUT2D eigenvalue weighted by Gasteiger charge is -2.35. The zero-order valence-corrected chi connectivity index (χ0v) is 10.4. The maximum atomic E-state index is 14.2. The molecule has 0 aliphatic carbocycles. The Labute approximate surface area is 108 Å². The molecule has 108 valence electrons. The molecule has 6 N–H and O–H groups in total. The number of methoxy groups -OCH3 is 1. The molecule has 1 heterocycles. The maximum absolute atomic E-state index is 14.2. The van der Waals surface area contributed by atoms with Gasteiger partial charge in [0.15, 0.2) is 0 Å². The molecule has 1 unspecified atom stereocenters. The number of aliphatic hydroxyl groups is 2. The van der Waals surface area contributed by atoms with Gasteiger partial charge in [-0.15, -0.1) is 0 Å². The molecule has 0 spiro atoms. The highest BCUT2D eigenvalue weighted by molar-refractivity contribution is 5.23. The first-order valence-corrected chi connectivity index (χ1v) is 5.44. The lowest BCUT2D eigenvalue weighted by molar-refractivity contribution is -0.158. The summed E-state index contributed by atoms with van der Waals surface area (Å²) in [5, 5.41) is 19.1. The number of aromatic nitrogens is 2. The molecule has 0 aliphatic rings. The van der Waals surface area contributed by atoms with Gasteiger partial charge >= 0.3 is 5.69 Å². The second-order valence-electron chi connectivity index (χ2n) is 3.99. The Kier molecular flexibility index (Phi) is 4.95. The van der Waals surface area contributed by atoms with Crippen LogP contribution in [0.5, 0.6) is 0 Å². The summed E-state index contributed by atoms with van der Waals surface area (Å²) in [5.74, 6) is -0.0677. The number of halogens is 1. The van der Waals surface area contributed by atoms with E-state index >= 15 is 0 Å². The lowest BCUT2D eigenvalue weighted by Crippen LogP contribution is -2.56. The first kappa shape index (κ1) is 15.5. The van der Waals surface area contributed by atoms with Crippen LogP contribution in [0, 0.1) is 0 Å². The van der Waals surface area contributed by atoms with Crippen LogP contribution in [-0.4, -0.2) is 51.7 Å². The third-order valence-corrected chi connectivity index (χ3v) is 2.94. The number of hydrogen-bond acceptors (Lipinski definition) is 7. The Morgan fingerprint density at radius 2 is 2.32 bits per heavy atom. The maximum Gasteiger partial charge on any atom is 0.351 e. The van der Waals surface area contributed by atoms with Crippen LogP contribution < -0.4 is 17.2 Å². The summed E-state index contributed by atoms with van der Waals surface area (Å²) in [6, 6.07) is 1.20. The topological polar surface area (TPSA) is 137 Å². The van der Waals surface area contributed by atoms with Crippen LogP contribution in [0.4, 0.5) is 10.2 Å². The normalized spacial score (nSPS) is 17.7. The van der Waals surface area contributed by atoms with Crippen molar-refractivity contribution >= 4 is 5.82 Å². The van der Waals surface area contributed by atoms with E-state index in [1.165, 1.54) is 13.2 Å². The highest BCUT2D eigenvalue weighted by Crippen LogP contribution is 2.24. The molecule has 3 atom stereocenters. The van der Waals surface area contributed by atoms with Gasteiger partial charge in [0, 0.05) is 19.9 Å². The number of aliphatic hydroxyl groups excluding tert-OH is 2. The fourth-order valence-electron chi connectivity index (χ4n) is 1.56. The van der Waals surface area contributed by atoms with Crippen molar-refractivity contribution in [2.45, 2.75) is 18.0 Å². The third-order valence-electron chi connectivity index (χ3n) is 2.94. The van der Waals surface area contributed by atoms with E-state index in [4.69, 9.17) is 16.2 Å². The van der Waals surface area contributed by atoms with Crippen LogP contribution in [0.25, 0.3) is 0 Å². The molecule has 0 fully saturated rings. The van der Waals surface area contributed by atoms with Crippen molar-refractivity contribution in [1.29, 1.82) is 0 Å². The molecule has 19 heavy (non-hydrogen) atoms. The quantitative estimate of drug-likeness (QED) is 0.471. The molecule has 0 saturated heterocycles. The van der Waals surface area contributed by atoms with Gasteiger partial charge in [-0.3, -0.25) is 4.57 Å². The van der Waals surface area contributed by atoms with Crippen molar-refractivity contribution in [1.82, 2.24) is 9.55 Å². The highest BCUT2D eigenvalue weighted by Gasteiger charge is 2.42. The summed E-state index contributed by atoms with van der Waals surface area (Å²) in [6.45, 7) is -1.04. The fraction of sp³-hybridized carbons (Fsp3) is 0.600. The standard InChI is InChI=1S/C10H17FN4O4/c1-19-10(4-12,5-16)7(17)8(11)15-3-2-6(13)14-9(15)18/h2-3,7-8,16-17H,4-5,12H2,1H3,(H2,13,14,18)/t7-,8-,10?/m0/s1.